The summed E-state index contributed by atoms with van der Waals surface area (Å²) in [6, 6.07) is 7.87. The van der Waals surface area contributed by atoms with E-state index >= 15 is 0 Å². The predicted molar refractivity (Wildman–Crippen MR) is 88.5 cm³/mol. The Hall–Kier alpha value is -2.36. The maximum Gasteiger partial charge on any atom is 0.262 e. The Labute approximate surface area is 131 Å². The van der Waals surface area contributed by atoms with Crippen LogP contribution in [0.2, 0.25) is 0 Å². The third kappa shape index (κ3) is 3.64. The highest BCUT2D eigenvalue weighted by Crippen LogP contribution is 2.23. The zero-order valence-electron chi connectivity index (χ0n) is 13.8. The maximum atomic E-state index is 12.1. The molecule has 1 N–H and O–H groups in total. The summed E-state index contributed by atoms with van der Waals surface area (Å²) < 4.78 is 5.67. The SMILES string of the molecule is Cc1cc(C)c(NC(=O)COc2c(C)cccc2C)c(C)n1. The number of amides is 1. The first kappa shape index (κ1) is 16.0. The number of rotatable bonds is 4. The molecule has 0 unspecified atom stereocenters. The third-order valence-corrected chi connectivity index (χ3v) is 3.55. The number of hydrogen-bond donors (Lipinski definition) is 1. The number of hydrogen-bond acceptors (Lipinski definition) is 3. The molecular weight excluding hydrogens is 276 g/mol. The molecule has 1 aromatic heterocycles. The van der Waals surface area contributed by atoms with Crippen LogP contribution in [0.4, 0.5) is 5.69 Å². The van der Waals surface area contributed by atoms with Gasteiger partial charge in [-0.25, -0.2) is 0 Å². The van der Waals surface area contributed by atoms with Crippen molar-refractivity contribution in [1.29, 1.82) is 0 Å². The quantitative estimate of drug-likeness (QED) is 0.937. The minimum Gasteiger partial charge on any atom is -0.483 e. The molecule has 1 amide bonds. The number of aryl methyl sites for hydroxylation is 5. The van der Waals surface area contributed by atoms with E-state index in [1.54, 1.807) is 0 Å². The van der Waals surface area contributed by atoms with E-state index in [-0.39, 0.29) is 12.5 Å². The first-order valence-corrected chi connectivity index (χ1v) is 7.32. The maximum absolute atomic E-state index is 12.1. The zero-order valence-corrected chi connectivity index (χ0v) is 13.8. The number of anilines is 1. The monoisotopic (exact) mass is 298 g/mol. The van der Waals surface area contributed by atoms with E-state index in [1.165, 1.54) is 0 Å². The summed E-state index contributed by atoms with van der Waals surface area (Å²) in [5, 5.41) is 2.89. The number of ether oxygens (including phenoxy) is 1. The van der Waals surface area contributed by atoms with Crippen LogP contribution in [-0.2, 0) is 4.79 Å². The number of carbonyl (C=O) groups is 1. The molecule has 0 radical (unpaired) electrons. The Morgan fingerprint density at radius 1 is 1.09 bits per heavy atom. The summed E-state index contributed by atoms with van der Waals surface area (Å²) in [6.07, 6.45) is 0. The lowest BCUT2D eigenvalue weighted by Gasteiger charge is -2.14. The fraction of sp³-hybridized carbons (Fsp3) is 0.333. The van der Waals surface area contributed by atoms with E-state index in [4.69, 9.17) is 4.74 Å². The fourth-order valence-electron chi connectivity index (χ4n) is 2.55. The zero-order chi connectivity index (χ0) is 16.3. The van der Waals surface area contributed by atoms with Gasteiger partial charge in [0.15, 0.2) is 6.61 Å². The standard InChI is InChI=1S/C18H22N2O2/c1-11-7-6-8-12(2)18(11)22-10-16(21)20-17-13(3)9-14(4)19-15(17)5/h6-9H,10H2,1-5H3,(H,20,21). The number of benzene rings is 1. The minimum atomic E-state index is -0.181. The molecule has 0 aliphatic carbocycles. The van der Waals surface area contributed by atoms with Crippen molar-refractivity contribution in [3.8, 4) is 5.75 Å². The van der Waals surface area contributed by atoms with E-state index in [2.05, 4.69) is 10.3 Å². The van der Waals surface area contributed by atoms with Gasteiger partial charge >= 0.3 is 0 Å². The van der Waals surface area contributed by atoms with Gasteiger partial charge in [-0.2, -0.15) is 0 Å². The van der Waals surface area contributed by atoms with Crippen molar-refractivity contribution in [2.24, 2.45) is 0 Å². The number of nitrogens with zero attached hydrogens (tertiary/aromatic N) is 1. The van der Waals surface area contributed by atoms with Crippen molar-refractivity contribution in [3.05, 3.63) is 52.3 Å². The van der Waals surface area contributed by atoms with Crippen LogP contribution >= 0.6 is 0 Å². The van der Waals surface area contributed by atoms with Gasteiger partial charge in [0.25, 0.3) is 5.91 Å². The predicted octanol–water partition coefficient (Wildman–Crippen LogP) is 3.64. The lowest BCUT2D eigenvalue weighted by Crippen LogP contribution is -2.22. The topological polar surface area (TPSA) is 51.2 Å². The molecule has 0 spiro atoms. The van der Waals surface area contributed by atoms with Crippen LogP contribution in [0.1, 0.15) is 28.1 Å². The van der Waals surface area contributed by atoms with Crippen molar-refractivity contribution in [3.63, 3.8) is 0 Å². The molecule has 1 heterocycles. The van der Waals surface area contributed by atoms with E-state index in [0.717, 1.165) is 39.5 Å². The van der Waals surface area contributed by atoms with Gasteiger partial charge in [-0.1, -0.05) is 18.2 Å². The van der Waals surface area contributed by atoms with Crippen molar-refractivity contribution in [2.45, 2.75) is 34.6 Å². The van der Waals surface area contributed by atoms with Crippen LogP contribution in [0.15, 0.2) is 24.3 Å². The average Bonchev–Trinajstić information content (AvgIpc) is 2.42. The van der Waals surface area contributed by atoms with Gasteiger partial charge in [-0.3, -0.25) is 9.78 Å². The van der Waals surface area contributed by atoms with Crippen LogP contribution in [-0.4, -0.2) is 17.5 Å². The highest BCUT2D eigenvalue weighted by Gasteiger charge is 2.11. The molecule has 116 valence electrons. The second kappa shape index (κ2) is 6.60. The van der Waals surface area contributed by atoms with Crippen LogP contribution in [0, 0.1) is 34.6 Å². The highest BCUT2D eigenvalue weighted by atomic mass is 16.5. The average molecular weight is 298 g/mol. The van der Waals surface area contributed by atoms with E-state index < -0.39 is 0 Å². The molecule has 0 aliphatic rings. The number of pyridine rings is 1. The first-order valence-electron chi connectivity index (χ1n) is 7.32. The lowest BCUT2D eigenvalue weighted by molar-refractivity contribution is -0.118. The smallest absolute Gasteiger partial charge is 0.262 e. The Bertz CT molecular complexity index is 665. The van der Waals surface area contributed by atoms with Crippen LogP contribution in [0.25, 0.3) is 0 Å². The number of carbonyl (C=O) groups excluding carboxylic acids is 1. The molecule has 4 nitrogen and oxygen atoms in total. The van der Waals surface area contributed by atoms with E-state index in [1.807, 2.05) is 58.9 Å². The number of nitrogens with one attached hydrogen (secondary N) is 1. The first-order chi connectivity index (χ1) is 10.4. The Morgan fingerprint density at radius 2 is 1.73 bits per heavy atom. The summed E-state index contributed by atoms with van der Waals surface area (Å²) in [4.78, 5) is 16.5. The molecule has 0 aliphatic heterocycles. The van der Waals surface area contributed by atoms with Gasteiger partial charge in [-0.15, -0.1) is 0 Å². The highest BCUT2D eigenvalue weighted by molar-refractivity contribution is 5.93. The van der Waals surface area contributed by atoms with Gasteiger partial charge in [0, 0.05) is 5.69 Å². The van der Waals surface area contributed by atoms with Gasteiger partial charge in [-0.05, 0) is 57.4 Å². The molecule has 0 saturated heterocycles. The number of aromatic nitrogens is 1. The Morgan fingerprint density at radius 3 is 2.32 bits per heavy atom. The Kier molecular flexibility index (Phi) is 4.81. The lowest BCUT2D eigenvalue weighted by atomic mass is 10.1. The fourth-order valence-corrected chi connectivity index (χ4v) is 2.55. The van der Waals surface area contributed by atoms with E-state index in [9.17, 15) is 4.79 Å². The number of para-hydroxylation sites is 1. The van der Waals surface area contributed by atoms with E-state index in [0.29, 0.717) is 0 Å². The molecule has 2 aromatic rings. The second-order valence-corrected chi connectivity index (χ2v) is 5.60. The molecule has 0 fully saturated rings. The largest absolute Gasteiger partial charge is 0.483 e. The summed E-state index contributed by atoms with van der Waals surface area (Å²) >= 11 is 0. The van der Waals surface area contributed by atoms with Crippen LogP contribution < -0.4 is 10.1 Å². The molecule has 4 heteroatoms. The molecule has 0 saturated carbocycles. The van der Waals surface area contributed by atoms with Crippen molar-refractivity contribution < 1.29 is 9.53 Å². The van der Waals surface area contributed by atoms with Gasteiger partial charge in [0.2, 0.25) is 0 Å². The Balaban J connectivity index is 2.05. The second-order valence-electron chi connectivity index (χ2n) is 5.60. The summed E-state index contributed by atoms with van der Waals surface area (Å²) in [5.74, 6) is 0.590. The third-order valence-electron chi connectivity index (χ3n) is 3.55. The molecule has 1 aromatic carbocycles. The summed E-state index contributed by atoms with van der Waals surface area (Å²) in [6.45, 7) is 9.72. The van der Waals surface area contributed by atoms with Gasteiger partial charge < -0.3 is 10.1 Å². The van der Waals surface area contributed by atoms with Crippen LogP contribution in [0.5, 0.6) is 5.75 Å². The minimum absolute atomic E-state index is 0.0154. The van der Waals surface area contributed by atoms with Crippen molar-refractivity contribution in [1.82, 2.24) is 4.98 Å². The summed E-state index contributed by atoms with van der Waals surface area (Å²) in [7, 11) is 0. The van der Waals surface area contributed by atoms with Gasteiger partial charge in [0.1, 0.15) is 5.75 Å². The normalized spacial score (nSPS) is 10.4. The van der Waals surface area contributed by atoms with Crippen molar-refractivity contribution >= 4 is 11.6 Å². The molecule has 22 heavy (non-hydrogen) atoms. The molecular formula is C18H22N2O2. The molecule has 2 rings (SSSR count). The summed E-state index contributed by atoms with van der Waals surface area (Å²) in [5.41, 5.74) is 5.58. The van der Waals surface area contributed by atoms with Crippen LogP contribution in [0.3, 0.4) is 0 Å². The van der Waals surface area contributed by atoms with Crippen molar-refractivity contribution in [2.75, 3.05) is 11.9 Å². The van der Waals surface area contributed by atoms with Gasteiger partial charge in [0.05, 0.1) is 11.4 Å². The molecule has 0 bridgehead atoms. The molecule has 0 atom stereocenters.